The molecule has 0 spiro atoms. The van der Waals surface area contributed by atoms with E-state index in [-0.39, 0.29) is 17.2 Å². The quantitative estimate of drug-likeness (QED) is 0.549. The number of nitrogens with one attached hydrogen (secondary N) is 2. The highest BCUT2D eigenvalue weighted by Gasteiger charge is 2.17. The Bertz CT molecular complexity index is 964. The fourth-order valence-electron chi connectivity index (χ4n) is 2.59. The molecule has 0 unspecified atom stereocenters. The van der Waals surface area contributed by atoms with Gasteiger partial charge in [0.25, 0.3) is 11.6 Å². The van der Waals surface area contributed by atoms with Crippen molar-refractivity contribution in [3.05, 3.63) is 69.7 Å². The first-order chi connectivity index (χ1) is 12.0. The molecule has 25 heavy (non-hydrogen) atoms. The average molecular weight is 339 g/mol. The lowest BCUT2D eigenvalue weighted by Crippen LogP contribution is -2.18. The molecule has 8 nitrogen and oxygen atoms in total. The zero-order valence-corrected chi connectivity index (χ0v) is 13.8. The maximum absolute atomic E-state index is 11.6. The lowest BCUT2D eigenvalue weighted by Gasteiger charge is -2.07. The van der Waals surface area contributed by atoms with Crippen LogP contribution in [0.2, 0.25) is 0 Å². The molecule has 0 aliphatic rings. The van der Waals surface area contributed by atoms with Gasteiger partial charge in [-0.1, -0.05) is 6.07 Å². The van der Waals surface area contributed by atoms with E-state index in [1.165, 1.54) is 19.2 Å². The molecule has 0 saturated heterocycles. The summed E-state index contributed by atoms with van der Waals surface area (Å²) in [4.78, 5) is 27.0. The number of pyridine rings is 1. The van der Waals surface area contributed by atoms with E-state index >= 15 is 0 Å². The fraction of sp³-hybridized carbons (Fsp3) is 0.176. The Morgan fingerprint density at radius 3 is 2.84 bits per heavy atom. The van der Waals surface area contributed by atoms with Gasteiger partial charge in [0.05, 0.1) is 17.2 Å². The third-order valence-electron chi connectivity index (χ3n) is 3.87. The van der Waals surface area contributed by atoms with E-state index in [0.29, 0.717) is 12.2 Å². The van der Waals surface area contributed by atoms with Crippen LogP contribution in [0.5, 0.6) is 0 Å². The number of anilines is 1. The van der Waals surface area contributed by atoms with Crippen molar-refractivity contribution >= 4 is 22.9 Å². The van der Waals surface area contributed by atoms with Crippen LogP contribution in [0, 0.1) is 17.0 Å². The van der Waals surface area contributed by atoms with Crippen LogP contribution in [0.3, 0.4) is 0 Å². The Balaban J connectivity index is 1.85. The number of fused-ring (bicyclic) bond motifs is 1. The normalized spacial score (nSPS) is 10.6. The second-order valence-electron chi connectivity index (χ2n) is 5.58. The molecule has 0 atom stereocenters. The largest absolute Gasteiger partial charge is 0.374 e. The van der Waals surface area contributed by atoms with E-state index in [1.54, 1.807) is 6.07 Å². The van der Waals surface area contributed by atoms with Crippen LogP contribution in [-0.2, 0) is 6.54 Å². The Morgan fingerprint density at radius 2 is 2.16 bits per heavy atom. The molecule has 0 fully saturated rings. The monoisotopic (exact) mass is 339 g/mol. The van der Waals surface area contributed by atoms with Gasteiger partial charge in [-0.3, -0.25) is 14.9 Å². The summed E-state index contributed by atoms with van der Waals surface area (Å²) >= 11 is 0. The first-order valence-electron chi connectivity index (χ1n) is 7.67. The molecular formula is C17H17N5O3. The molecule has 2 aromatic heterocycles. The number of hydrogen-bond acceptors (Lipinski definition) is 5. The van der Waals surface area contributed by atoms with Crippen molar-refractivity contribution in [1.82, 2.24) is 14.7 Å². The number of carbonyl (C=O) groups is 1. The number of nitro groups is 1. The van der Waals surface area contributed by atoms with Crippen LogP contribution in [-0.4, -0.2) is 27.3 Å². The summed E-state index contributed by atoms with van der Waals surface area (Å²) in [6, 6.07) is 8.24. The number of amides is 1. The molecule has 3 aromatic rings. The predicted octanol–water partition coefficient (Wildman–Crippen LogP) is 2.52. The Morgan fingerprint density at radius 1 is 1.36 bits per heavy atom. The van der Waals surface area contributed by atoms with Crippen LogP contribution in [0.15, 0.2) is 42.7 Å². The SMILES string of the molecule is CNC(=O)c1ccc(NCc2cn3cccc(C)c3n2)c([N+](=O)[O-])c1. The molecule has 128 valence electrons. The summed E-state index contributed by atoms with van der Waals surface area (Å²) in [6.07, 6.45) is 3.78. The molecule has 1 amide bonds. The van der Waals surface area contributed by atoms with Gasteiger partial charge in [0.1, 0.15) is 11.3 Å². The average Bonchev–Trinajstić information content (AvgIpc) is 3.03. The number of rotatable bonds is 5. The van der Waals surface area contributed by atoms with Gasteiger partial charge >= 0.3 is 0 Å². The van der Waals surface area contributed by atoms with Gasteiger partial charge in [0, 0.05) is 31.1 Å². The molecule has 0 saturated carbocycles. The number of nitro benzene ring substituents is 1. The van der Waals surface area contributed by atoms with E-state index in [9.17, 15) is 14.9 Å². The Labute approximate surface area is 143 Å². The number of carbonyl (C=O) groups excluding carboxylic acids is 1. The van der Waals surface area contributed by atoms with Crippen molar-refractivity contribution in [3.8, 4) is 0 Å². The lowest BCUT2D eigenvalue weighted by molar-refractivity contribution is -0.384. The summed E-state index contributed by atoms with van der Waals surface area (Å²) in [7, 11) is 1.48. The predicted molar refractivity (Wildman–Crippen MR) is 93.7 cm³/mol. The van der Waals surface area contributed by atoms with Gasteiger partial charge in [-0.15, -0.1) is 0 Å². The smallest absolute Gasteiger partial charge is 0.293 e. The summed E-state index contributed by atoms with van der Waals surface area (Å²) in [6.45, 7) is 2.31. The standard InChI is InChI=1S/C17H17N5O3/c1-11-4-3-7-21-10-13(20-16(11)21)9-19-14-6-5-12(17(23)18-2)8-15(14)22(24)25/h3-8,10,19H,9H2,1-2H3,(H,18,23). The fourth-order valence-corrected chi connectivity index (χ4v) is 2.59. The van der Waals surface area contributed by atoms with Crippen molar-refractivity contribution in [2.24, 2.45) is 0 Å². The minimum atomic E-state index is -0.511. The summed E-state index contributed by atoms with van der Waals surface area (Å²) in [5.74, 6) is -0.370. The van der Waals surface area contributed by atoms with E-state index < -0.39 is 4.92 Å². The third-order valence-corrected chi connectivity index (χ3v) is 3.87. The van der Waals surface area contributed by atoms with E-state index in [0.717, 1.165) is 16.9 Å². The molecule has 3 rings (SSSR count). The van der Waals surface area contributed by atoms with Crippen molar-refractivity contribution in [2.45, 2.75) is 13.5 Å². The number of benzene rings is 1. The van der Waals surface area contributed by atoms with Gasteiger partial charge in [-0.2, -0.15) is 0 Å². The van der Waals surface area contributed by atoms with Crippen molar-refractivity contribution in [3.63, 3.8) is 0 Å². The van der Waals surface area contributed by atoms with Crippen molar-refractivity contribution in [1.29, 1.82) is 0 Å². The highest BCUT2D eigenvalue weighted by atomic mass is 16.6. The second-order valence-corrected chi connectivity index (χ2v) is 5.58. The number of imidazole rings is 1. The highest BCUT2D eigenvalue weighted by Crippen LogP contribution is 2.26. The number of aromatic nitrogens is 2. The Hall–Kier alpha value is -3.42. The molecule has 8 heteroatoms. The summed E-state index contributed by atoms with van der Waals surface area (Å²) in [5, 5.41) is 16.8. The van der Waals surface area contributed by atoms with Gasteiger partial charge in [0.15, 0.2) is 0 Å². The second kappa shape index (κ2) is 6.60. The van der Waals surface area contributed by atoms with Crippen LogP contribution >= 0.6 is 0 Å². The molecule has 0 radical (unpaired) electrons. The summed E-state index contributed by atoms with van der Waals surface area (Å²) in [5.41, 5.74) is 3.09. The van der Waals surface area contributed by atoms with Gasteiger partial charge in [-0.25, -0.2) is 4.98 Å². The minimum Gasteiger partial charge on any atom is -0.374 e. The maximum Gasteiger partial charge on any atom is 0.293 e. The van der Waals surface area contributed by atoms with E-state index in [2.05, 4.69) is 15.6 Å². The minimum absolute atomic E-state index is 0.152. The van der Waals surface area contributed by atoms with Gasteiger partial charge in [0.2, 0.25) is 0 Å². The van der Waals surface area contributed by atoms with E-state index in [4.69, 9.17) is 0 Å². The Kier molecular flexibility index (Phi) is 4.34. The molecular weight excluding hydrogens is 322 g/mol. The first kappa shape index (κ1) is 16.4. The highest BCUT2D eigenvalue weighted by molar-refractivity contribution is 5.95. The topological polar surface area (TPSA) is 102 Å². The zero-order chi connectivity index (χ0) is 18.0. The molecule has 1 aromatic carbocycles. The lowest BCUT2D eigenvalue weighted by atomic mass is 10.1. The maximum atomic E-state index is 11.6. The van der Waals surface area contributed by atoms with Crippen LogP contribution in [0.25, 0.3) is 5.65 Å². The van der Waals surface area contributed by atoms with Crippen molar-refractivity contribution in [2.75, 3.05) is 12.4 Å². The number of nitrogens with zero attached hydrogens (tertiary/aromatic N) is 3. The molecule has 2 N–H and O–H groups in total. The molecule has 2 heterocycles. The molecule has 0 aliphatic carbocycles. The third kappa shape index (κ3) is 3.27. The summed E-state index contributed by atoms with van der Waals surface area (Å²) < 4.78 is 1.91. The van der Waals surface area contributed by atoms with Crippen molar-refractivity contribution < 1.29 is 9.72 Å². The van der Waals surface area contributed by atoms with Crippen LogP contribution < -0.4 is 10.6 Å². The molecule has 0 aliphatic heterocycles. The number of hydrogen-bond donors (Lipinski definition) is 2. The first-order valence-corrected chi connectivity index (χ1v) is 7.67. The number of aryl methyl sites for hydroxylation is 1. The molecule has 0 bridgehead atoms. The zero-order valence-electron chi connectivity index (χ0n) is 13.8. The van der Waals surface area contributed by atoms with E-state index in [1.807, 2.05) is 35.9 Å². The van der Waals surface area contributed by atoms with Gasteiger partial charge in [-0.05, 0) is 30.7 Å². The van der Waals surface area contributed by atoms with Gasteiger partial charge < -0.3 is 15.0 Å². The van der Waals surface area contributed by atoms with Crippen LogP contribution in [0.4, 0.5) is 11.4 Å². The van der Waals surface area contributed by atoms with Crippen LogP contribution in [0.1, 0.15) is 21.6 Å².